The summed E-state index contributed by atoms with van der Waals surface area (Å²) in [5.41, 5.74) is 0.953. The average molecular weight is 474 g/mol. The van der Waals surface area contributed by atoms with Crippen LogP contribution >= 0.6 is 24.0 Å². The minimum Gasteiger partial charge on any atom is -0.375 e. The van der Waals surface area contributed by atoms with Crippen LogP contribution in [0.1, 0.15) is 18.1 Å². The third kappa shape index (κ3) is 5.17. The molecule has 2 unspecified atom stereocenters. The first-order valence-corrected chi connectivity index (χ1v) is 8.84. The van der Waals surface area contributed by atoms with Gasteiger partial charge in [0.1, 0.15) is 5.82 Å². The Kier molecular flexibility index (Phi) is 8.30. The van der Waals surface area contributed by atoms with E-state index >= 15 is 0 Å². The number of aliphatic imine (C=N–C) groups is 1. The number of nitrogens with one attached hydrogen (secondary N) is 1. The Morgan fingerprint density at radius 3 is 2.62 bits per heavy atom. The number of rotatable bonds is 5. The van der Waals surface area contributed by atoms with E-state index in [4.69, 9.17) is 4.74 Å². The van der Waals surface area contributed by atoms with Crippen LogP contribution in [0.2, 0.25) is 0 Å². The number of ether oxygens (including phenoxy) is 1. The fourth-order valence-electron chi connectivity index (χ4n) is 3.56. The van der Waals surface area contributed by atoms with Gasteiger partial charge in [-0.25, -0.2) is 4.39 Å². The van der Waals surface area contributed by atoms with Gasteiger partial charge in [-0.05, 0) is 24.1 Å². The van der Waals surface area contributed by atoms with E-state index in [1.807, 2.05) is 7.05 Å². The van der Waals surface area contributed by atoms with Crippen molar-refractivity contribution in [2.24, 2.45) is 4.99 Å². The Labute approximate surface area is 172 Å². The summed E-state index contributed by atoms with van der Waals surface area (Å²) in [5.74, 6) is 0.667. The van der Waals surface area contributed by atoms with Gasteiger partial charge in [-0.3, -0.25) is 9.89 Å². The third-order valence-corrected chi connectivity index (χ3v) is 5.01. The maximum absolute atomic E-state index is 13.1. The molecular formula is C19H28FIN4O. The van der Waals surface area contributed by atoms with Crippen molar-refractivity contribution in [3.63, 3.8) is 0 Å². The molecule has 0 bridgehead atoms. The predicted octanol–water partition coefficient (Wildman–Crippen LogP) is 2.65. The zero-order valence-electron chi connectivity index (χ0n) is 15.4. The van der Waals surface area contributed by atoms with E-state index in [1.165, 1.54) is 12.1 Å². The monoisotopic (exact) mass is 474 g/mol. The van der Waals surface area contributed by atoms with Gasteiger partial charge < -0.3 is 15.0 Å². The number of methoxy groups -OCH3 is 1. The van der Waals surface area contributed by atoms with Crippen LogP contribution < -0.4 is 5.32 Å². The molecule has 0 saturated carbocycles. The molecule has 1 fully saturated rings. The van der Waals surface area contributed by atoms with Crippen molar-refractivity contribution in [2.75, 3.05) is 46.9 Å². The van der Waals surface area contributed by atoms with Gasteiger partial charge in [0.15, 0.2) is 5.96 Å². The molecule has 2 atom stereocenters. The fraction of sp³-hybridized carbons (Fsp3) is 0.526. The summed E-state index contributed by atoms with van der Waals surface area (Å²) in [6.07, 6.45) is 5.50. The lowest BCUT2D eigenvalue weighted by Gasteiger charge is -2.26. The maximum Gasteiger partial charge on any atom is 0.193 e. The van der Waals surface area contributed by atoms with E-state index in [-0.39, 0.29) is 35.9 Å². The van der Waals surface area contributed by atoms with Crippen LogP contribution in [-0.2, 0) is 4.74 Å². The molecule has 26 heavy (non-hydrogen) atoms. The summed E-state index contributed by atoms with van der Waals surface area (Å²) in [6.45, 7) is 4.72. The second kappa shape index (κ2) is 10.2. The molecule has 2 aliphatic heterocycles. The number of hydrogen-bond acceptors (Lipinski definition) is 3. The summed E-state index contributed by atoms with van der Waals surface area (Å²) in [6, 6.07) is 7.04. The highest BCUT2D eigenvalue weighted by Crippen LogP contribution is 2.19. The van der Waals surface area contributed by atoms with E-state index < -0.39 is 0 Å². The molecule has 3 rings (SSSR count). The van der Waals surface area contributed by atoms with Gasteiger partial charge >= 0.3 is 0 Å². The predicted molar refractivity (Wildman–Crippen MR) is 114 cm³/mol. The van der Waals surface area contributed by atoms with Crippen molar-refractivity contribution < 1.29 is 9.13 Å². The number of guanidine groups is 1. The summed E-state index contributed by atoms with van der Waals surface area (Å²) in [4.78, 5) is 9.24. The van der Waals surface area contributed by atoms with Crippen molar-refractivity contribution in [1.82, 2.24) is 15.1 Å². The zero-order valence-corrected chi connectivity index (χ0v) is 17.7. The smallest absolute Gasteiger partial charge is 0.193 e. The normalized spacial score (nSPS) is 21.7. The summed E-state index contributed by atoms with van der Waals surface area (Å²) < 4.78 is 18.7. The van der Waals surface area contributed by atoms with Crippen molar-refractivity contribution >= 4 is 29.9 Å². The van der Waals surface area contributed by atoms with Gasteiger partial charge in [-0.1, -0.05) is 24.3 Å². The van der Waals surface area contributed by atoms with E-state index in [9.17, 15) is 4.39 Å². The van der Waals surface area contributed by atoms with E-state index in [0.717, 1.165) is 44.1 Å². The molecule has 2 aliphatic rings. The van der Waals surface area contributed by atoms with Crippen molar-refractivity contribution in [3.05, 3.63) is 47.8 Å². The molecule has 1 aromatic carbocycles. The van der Waals surface area contributed by atoms with E-state index in [2.05, 4.69) is 32.3 Å². The van der Waals surface area contributed by atoms with Crippen LogP contribution in [0.3, 0.4) is 0 Å². The van der Waals surface area contributed by atoms with Crippen LogP contribution in [-0.4, -0.2) is 68.7 Å². The number of halogens is 2. The lowest BCUT2D eigenvalue weighted by Crippen LogP contribution is -2.44. The highest BCUT2D eigenvalue weighted by molar-refractivity contribution is 14.0. The molecule has 0 aliphatic carbocycles. The Morgan fingerprint density at radius 2 is 2.00 bits per heavy atom. The minimum absolute atomic E-state index is 0. The average Bonchev–Trinajstić information content (AvgIpc) is 3.31. The van der Waals surface area contributed by atoms with E-state index in [0.29, 0.717) is 12.6 Å². The summed E-state index contributed by atoms with van der Waals surface area (Å²) in [7, 11) is 3.48. The van der Waals surface area contributed by atoms with Crippen LogP contribution in [0.5, 0.6) is 0 Å². The largest absolute Gasteiger partial charge is 0.375 e. The molecule has 2 heterocycles. The fourth-order valence-corrected chi connectivity index (χ4v) is 3.56. The van der Waals surface area contributed by atoms with Gasteiger partial charge in [0.05, 0.1) is 6.10 Å². The molecule has 0 radical (unpaired) electrons. The Bertz CT molecular complexity index is 614. The lowest BCUT2D eigenvalue weighted by molar-refractivity contribution is 0.106. The van der Waals surface area contributed by atoms with Gasteiger partial charge in [0.2, 0.25) is 0 Å². The lowest BCUT2D eigenvalue weighted by atomic mass is 10.1. The van der Waals surface area contributed by atoms with Crippen molar-refractivity contribution in [3.8, 4) is 0 Å². The zero-order chi connectivity index (χ0) is 17.6. The molecule has 5 nitrogen and oxygen atoms in total. The van der Waals surface area contributed by atoms with Crippen LogP contribution in [0, 0.1) is 5.82 Å². The first kappa shape index (κ1) is 21.1. The van der Waals surface area contributed by atoms with Crippen LogP contribution in [0.15, 0.2) is 41.4 Å². The second-order valence-electron chi connectivity index (χ2n) is 6.52. The van der Waals surface area contributed by atoms with Gasteiger partial charge in [0.25, 0.3) is 0 Å². The number of likely N-dealkylation sites (tertiary alicyclic amines) is 1. The molecule has 1 N–H and O–H groups in total. The molecular weight excluding hydrogens is 446 g/mol. The first-order chi connectivity index (χ1) is 12.2. The van der Waals surface area contributed by atoms with Crippen molar-refractivity contribution in [2.45, 2.75) is 18.6 Å². The van der Waals surface area contributed by atoms with Gasteiger partial charge in [-0.2, -0.15) is 0 Å². The van der Waals surface area contributed by atoms with Gasteiger partial charge in [0, 0.05) is 52.9 Å². The quantitative estimate of drug-likeness (QED) is 0.309. The SMILES string of the molecule is CN=C(NCC(OC)c1ccc(F)cc1)N1CCC(N2CC=CC2)C1.I. The highest BCUT2D eigenvalue weighted by atomic mass is 127. The Balaban J connectivity index is 0.00000243. The van der Waals surface area contributed by atoms with Crippen LogP contribution in [0.25, 0.3) is 0 Å². The molecule has 0 amide bonds. The molecule has 1 saturated heterocycles. The Morgan fingerprint density at radius 1 is 1.31 bits per heavy atom. The van der Waals surface area contributed by atoms with Gasteiger partial charge in [-0.15, -0.1) is 24.0 Å². The standard InChI is InChI=1S/C19H27FN4O.HI/c1-21-19(24-12-9-17(14-24)23-10-3-4-11-23)22-13-18(25-2)15-5-7-16(20)8-6-15;/h3-8,17-18H,9-14H2,1-2H3,(H,21,22);1H. The third-order valence-electron chi connectivity index (χ3n) is 5.01. The van der Waals surface area contributed by atoms with Crippen molar-refractivity contribution in [1.29, 1.82) is 0 Å². The topological polar surface area (TPSA) is 40.1 Å². The minimum atomic E-state index is -0.234. The molecule has 1 aromatic rings. The van der Waals surface area contributed by atoms with E-state index in [1.54, 1.807) is 19.2 Å². The molecule has 7 heteroatoms. The molecule has 0 spiro atoms. The van der Waals surface area contributed by atoms with Crippen LogP contribution in [0.4, 0.5) is 4.39 Å². The first-order valence-electron chi connectivity index (χ1n) is 8.84. The Hall–Kier alpha value is -1.19. The highest BCUT2D eigenvalue weighted by Gasteiger charge is 2.29. The number of nitrogens with zero attached hydrogens (tertiary/aromatic N) is 3. The number of benzene rings is 1. The number of hydrogen-bond donors (Lipinski definition) is 1. The second-order valence-corrected chi connectivity index (χ2v) is 6.52. The summed E-state index contributed by atoms with van der Waals surface area (Å²) in [5, 5.41) is 3.41. The molecule has 144 valence electrons. The maximum atomic E-state index is 13.1. The summed E-state index contributed by atoms with van der Waals surface area (Å²) >= 11 is 0. The molecule has 0 aromatic heterocycles.